The summed E-state index contributed by atoms with van der Waals surface area (Å²) in [5.74, 6) is -3.82. The first-order valence-corrected chi connectivity index (χ1v) is 27.7. The van der Waals surface area contributed by atoms with Crippen LogP contribution in [0.4, 0.5) is 4.79 Å². The van der Waals surface area contributed by atoms with Gasteiger partial charge in [-0.15, -0.1) is 11.3 Å². The molecule has 21 nitrogen and oxygen atoms in total. The predicted octanol–water partition coefficient (Wildman–Crippen LogP) is 7.20. The Hall–Kier alpha value is -7.57. The van der Waals surface area contributed by atoms with Crippen molar-refractivity contribution in [3.63, 3.8) is 0 Å². The third-order valence-corrected chi connectivity index (χ3v) is 18.3. The summed E-state index contributed by atoms with van der Waals surface area (Å²) >= 11 is 1.02. The van der Waals surface area contributed by atoms with Crippen LogP contribution in [0.1, 0.15) is 142 Å². The number of benzene rings is 2. The standard InChI is InChI=1S/C55H68N8O13SSi/c1-17-37(47-60-40(32(4)72-47)44(65)56-31(3)51(68)71-16)57-43(64)39-29-77-50(59-39)49(70-15)62-45(66)41-33(5)73-48(61-41)38(58-46(67)42-34(6)74-55(13,14)63(42)52(69)75-53(7,8)9)28-30(2)76-78(54(10,11)12,35-24-20-18-21-25-35)36-26-22-19-23-27-36/h17-30,34,42,49H,3H2,1-2,4-16H3,(H,56,65)(H,57,64)(H,58,67)(H,62,66)/b37-17-,38-28-/t30-,34+,42-,49?/m0/s1. The number of ether oxygens (including phenoxy) is 4. The number of thiazole rings is 1. The number of esters is 1. The second-order valence-electron chi connectivity index (χ2n) is 20.7. The summed E-state index contributed by atoms with van der Waals surface area (Å²) in [5, 5.41) is 13.9. The minimum Gasteiger partial charge on any atom is -0.464 e. The Bertz CT molecular complexity index is 3080. The molecule has 0 aliphatic carbocycles. The van der Waals surface area contributed by atoms with Crippen LogP contribution in [0.15, 0.2) is 99.3 Å². The lowest BCUT2D eigenvalue weighted by Crippen LogP contribution is -2.67. The molecular formula is C55H68N8O13SSi. The fourth-order valence-corrected chi connectivity index (χ4v) is 14.3. The molecule has 1 saturated heterocycles. The minimum absolute atomic E-state index is 0.0388. The lowest BCUT2D eigenvalue weighted by Gasteiger charge is -2.44. The van der Waals surface area contributed by atoms with Gasteiger partial charge in [-0.1, -0.05) is 94.1 Å². The molecule has 5 amide bonds. The van der Waals surface area contributed by atoms with Crippen LogP contribution < -0.4 is 31.6 Å². The summed E-state index contributed by atoms with van der Waals surface area (Å²) in [7, 11) is -0.715. The molecule has 78 heavy (non-hydrogen) atoms. The van der Waals surface area contributed by atoms with Gasteiger partial charge in [0.25, 0.3) is 26.0 Å². The number of methoxy groups -OCH3 is 2. The summed E-state index contributed by atoms with van der Waals surface area (Å²) in [6, 6.07) is 18.9. The average Bonchev–Trinajstić information content (AvgIpc) is 4.24. The topological polar surface area (TPSA) is 265 Å². The maximum absolute atomic E-state index is 14.8. The number of carbonyl (C=O) groups is 6. The van der Waals surface area contributed by atoms with Gasteiger partial charge in [-0.05, 0) is 90.7 Å². The number of rotatable bonds is 18. The molecule has 0 bridgehead atoms. The van der Waals surface area contributed by atoms with E-state index in [1.165, 1.54) is 37.3 Å². The van der Waals surface area contributed by atoms with E-state index in [0.717, 1.165) is 28.8 Å². The Balaban J connectivity index is 1.30. The van der Waals surface area contributed by atoms with Gasteiger partial charge in [0, 0.05) is 12.5 Å². The molecule has 0 spiro atoms. The predicted molar refractivity (Wildman–Crippen MR) is 292 cm³/mol. The number of allylic oxidation sites excluding steroid dienone is 1. The van der Waals surface area contributed by atoms with E-state index in [4.69, 9.17) is 27.5 Å². The molecule has 4 heterocycles. The van der Waals surface area contributed by atoms with Crippen molar-refractivity contribution in [1.82, 2.24) is 41.1 Å². The van der Waals surface area contributed by atoms with E-state index in [1.54, 1.807) is 54.5 Å². The Morgan fingerprint density at radius 1 is 0.808 bits per heavy atom. The van der Waals surface area contributed by atoms with E-state index in [1.807, 2.05) is 43.3 Å². The highest BCUT2D eigenvalue weighted by Crippen LogP contribution is 2.39. The molecule has 3 aromatic heterocycles. The number of oxazole rings is 2. The first-order valence-electron chi connectivity index (χ1n) is 24.9. The van der Waals surface area contributed by atoms with Crippen LogP contribution in [0.5, 0.6) is 0 Å². The molecular weight excluding hydrogens is 1040 g/mol. The second-order valence-corrected chi connectivity index (χ2v) is 25.9. The van der Waals surface area contributed by atoms with Crippen LogP contribution in [0.3, 0.4) is 0 Å². The third kappa shape index (κ3) is 13.2. The first kappa shape index (κ1) is 59.7. The van der Waals surface area contributed by atoms with E-state index < -0.39 is 84.9 Å². The van der Waals surface area contributed by atoms with Gasteiger partial charge in [-0.3, -0.25) is 24.1 Å². The molecule has 5 aromatic rings. The molecule has 416 valence electrons. The van der Waals surface area contributed by atoms with E-state index in [-0.39, 0.29) is 62.5 Å². The molecule has 6 rings (SSSR count). The number of hydrogen-bond acceptors (Lipinski definition) is 17. The number of aryl methyl sites for hydroxylation is 2. The SMILES string of the molecule is C=C(NC(=O)c1nc(/C(=C/C)NC(=O)c2csc(C(NC(=O)c3nc(/C(=C/[C@H](C)O[Si](c4ccccc4)(c4ccccc4)C(C)(C)C)NC(=O)[C@@H]4[C@@H](C)OC(C)(C)N4C(=O)OC(C)(C)C)oc3C)OC)n2)oc1C)C(=O)OC. The van der Waals surface area contributed by atoms with Gasteiger partial charge >= 0.3 is 12.1 Å². The van der Waals surface area contributed by atoms with Crippen molar-refractivity contribution in [2.75, 3.05) is 14.2 Å². The number of nitrogens with zero attached hydrogens (tertiary/aromatic N) is 4. The maximum atomic E-state index is 14.8. The van der Waals surface area contributed by atoms with Gasteiger partial charge in [0.05, 0.1) is 19.3 Å². The third-order valence-electron chi connectivity index (χ3n) is 12.3. The highest BCUT2D eigenvalue weighted by molar-refractivity contribution is 7.09. The highest BCUT2D eigenvalue weighted by atomic mass is 32.1. The zero-order valence-corrected chi connectivity index (χ0v) is 48.3. The normalized spacial score (nSPS) is 16.7. The van der Waals surface area contributed by atoms with E-state index >= 15 is 0 Å². The summed E-state index contributed by atoms with van der Waals surface area (Å²) in [6.07, 6.45) is -0.332. The fraction of sp³-hybridized carbons (Fsp3) is 0.400. The zero-order chi connectivity index (χ0) is 57.7. The smallest absolute Gasteiger partial charge is 0.413 e. The molecule has 1 aliphatic heterocycles. The van der Waals surface area contributed by atoms with Crippen molar-refractivity contribution in [2.45, 2.75) is 131 Å². The molecule has 1 aliphatic rings. The first-order chi connectivity index (χ1) is 36.5. The number of aromatic nitrogens is 3. The molecule has 0 radical (unpaired) electrons. The Labute approximate surface area is 458 Å². The minimum atomic E-state index is -3.19. The fourth-order valence-electron chi connectivity index (χ4n) is 8.88. The monoisotopic (exact) mass is 1110 g/mol. The van der Waals surface area contributed by atoms with Crippen molar-refractivity contribution in [3.05, 3.63) is 136 Å². The van der Waals surface area contributed by atoms with Crippen molar-refractivity contribution in [2.24, 2.45) is 0 Å². The molecule has 1 unspecified atom stereocenters. The quantitative estimate of drug-likeness (QED) is 0.0292. The number of hydrogen-bond donors (Lipinski definition) is 4. The van der Waals surface area contributed by atoms with Crippen molar-refractivity contribution in [3.8, 4) is 0 Å². The van der Waals surface area contributed by atoms with E-state index in [0.29, 0.717) is 0 Å². The number of amides is 5. The van der Waals surface area contributed by atoms with Gasteiger partial charge in [0.15, 0.2) is 17.6 Å². The Kier molecular flexibility index (Phi) is 18.3. The van der Waals surface area contributed by atoms with Crippen molar-refractivity contribution in [1.29, 1.82) is 0 Å². The maximum Gasteiger partial charge on any atom is 0.413 e. The summed E-state index contributed by atoms with van der Waals surface area (Å²) in [6.45, 7) is 26.6. The van der Waals surface area contributed by atoms with Crippen LogP contribution >= 0.6 is 11.3 Å². The van der Waals surface area contributed by atoms with Crippen LogP contribution in [0.2, 0.25) is 5.04 Å². The zero-order valence-electron chi connectivity index (χ0n) is 46.5. The molecule has 4 atom stereocenters. The summed E-state index contributed by atoms with van der Waals surface area (Å²) in [4.78, 5) is 95.5. The summed E-state index contributed by atoms with van der Waals surface area (Å²) < 4.78 is 41.4. The molecule has 23 heteroatoms. The average molecular weight is 1110 g/mol. The Morgan fingerprint density at radius 2 is 1.36 bits per heavy atom. The number of carbonyl (C=O) groups excluding carboxylic acids is 6. The molecule has 1 fully saturated rings. The van der Waals surface area contributed by atoms with E-state index in [2.05, 4.69) is 92.6 Å². The van der Waals surface area contributed by atoms with Gasteiger partial charge in [0.1, 0.15) is 56.7 Å². The van der Waals surface area contributed by atoms with Gasteiger partial charge < -0.3 is 53.5 Å². The Morgan fingerprint density at radius 3 is 1.87 bits per heavy atom. The summed E-state index contributed by atoms with van der Waals surface area (Å²) in [5.41, 5.74) is -2.70. The van der Waals surface area contributed by atoms with Gasteiger partial charge in [-0.2, -0.15) is 0 Å². The van der Waals surface area contributed by atoms with Gasteiger partial charge in [0.2, 0.25) is 17.7 Å². The van der Waals surface area contributed by atoms with Crippen LogP contribution in [0.25, 0.3) is 11.4 Å². The number of nitrogens with one attached hydrogen (secondary N) is 4. The largest absolute Gasteiger partial charge is 0.464 e. The molecule has 2 aromatic carbocycles. The van der Waals surface area contributed by atoms with Crippen molar-refractivity contribution < 1.29 is 61.0 Å². The lowest BCUT2D eigenvalue weighted by atomic mass is 10.1. The van der Waals surface area contributed by atoms with E-state index in [9.17, 15) is 28.8 Å². The highest BCUT2D eigenvalue weighted by Gasteiger charge is 2.54. The van der Waals surface area contributed by atoms with Gasteiger partial charge in [-0.25, -0.2) is 24.5 Å². The lowest BCUT2D eigenvalue weighted by molar-refractivity contribution is -0.136. The van der Waals surface area contributed by atoms with Crippen LogP contribution in [-0.2, 0) is 33.0 Å². The van der Waals surface area contributed by atoms with Crippen LogP contribution in [0, 0.1) is 13.8 Å². The molecule has 0 saturated carbocycles. The van der Waals surface area contributed by atoms with Crippen LogP contribution in [-0.4, -0.2) is 108 Å². The second kappa shape index (κ2) is 24.0. The van der Waals surface area contributed by atoms with Crippen molar-refractivity contribution >= 4 is 77.1 Å². The molecule has 4 N–H and O–H groups in total.